The zero-order chi connectivity index (χ0) is 13.3. The number of alkyl halides is 1. The molecule has 0 aliphatic rings. The van der Waals surface area contributed by atoms with Crippen molar-refractivity contribution < 1.29 is 5.11 Å². The fraction of sp³-hybridized carbons (Fsp3) is 0.600. The van der Waals surface area contributed by atoms with Crippen LogP contribution < -0.4 is 0 Å². The van der Waals surface area contributed by atoms with E-state index >= 15 is 0 Å². The number of aliphatic hydroxyl groups excluding tert-OH is 1. The van der Waals surface area contributed by atoms with E-state index in [0.29, 0.717) is 11.1 Å². The molecular weight excluding hydrogens is 276 g/mol. The van der Waals surface area contributed by atoms with E-state index in [2.05, 4.69) is 36.4 Å². The zero-order valence-corrected chi connectivity index (χ0v) is 12.9. The summed E-state index contributed by atoms with van der Waals surface area (Å²) in [5, 5.41) is 10.8. The normalized spacial score (nSPS) is 14.1. The van der Waals surface area contributed by atoms with E-state index in [0.717, 1.165) is 24.0 Å². The monoisotopic (exact) mass is 300 g/mol. The first-order valence-electron chi connectivity index (χ1n) is 6.41. The minimum atomic E-state index is 0.394. The molecule has 0 fully saturated rings. The molecule has 17 heavy (non-hydrogen) atoms. The molecule has 0 rings (SSSR count). The van der Waals surface area contributed by atoms with Crippen molar-refractivity contribution in [1.29, 1.82) is 0 Å². The highest BCUT2D eigenvalue weighted by Gasteiger charge is 2.08. The van der Waals surface area contributed by atoms with Gasteiger partial charge in [-0.15, -0.1) is 0 Å². The van der Waals surface area contributed by atoms with Crippen LogP contribution in [-0.4, -0.2) is 10.4 Å². The molecule has 0 amide bonds. The van der Waals surface area contributed by atoms with Crippen molar-refractivity contribution in [2.75, 3.05) is 5.33 Å². The maximum Gasteiger partial charge on any atom is 0.122 e. The molecule has 0 spiro atoms. The smallest absolute Gasteiger partial charge is 0.122 e. The Hall–Kier alpha value is -0.500. The number of unbranched alkanes of at least 4 members (excludes halogenated alkanes) is 2. The number of aliphatic hydroxyl groups is 1. The van der Waals surface area contributed by atoms with Gasteiger partial charge in [-0.25, -0.2) is 0 Å². The maximum absolute atomic E-state index is 10.2. The molecule has 0 heterocycles. The van der Waals surface area contributed by atoms with Crippen molar-refractivity contribution in [3.8, 4) is 0 Å². The van der Waals surface area contributed by atoms with Crippen molar-refractivity contribution in [3.05, 3.63) is 35.1 Å². The summed E-state index contributed by atoms with van der Waals surface area (Å²) in [4.78, 5) is 0. The van der Waals surface area contributed by atoms with Gasteiger partial charge in [0.25, 0.3) is 0 Å². The second-order valence-electron chi connectivity index (χ2n) is 4.25. The quantitative estimate of drug-likeness (QED) is 0.264. The third kappa shape index (κ3) is 5.58. The predicted octanol–water partition coefficient (Wildman–Crippen LogP) is 5.69. The van der Waals surface area contributed by atoms with E-state index < -0.39 is 0 Å². The maximum atomic E-state index is 10.2. The van der Waals surface area contributed by atoms with Crippen LogP contribution in [0.4, 0.5) is 0 Å². The lowest BCUT2D eigenvalue weighted by atomic mass is 9.97. The van der Waals surface area contributed by atoms with Crippen LogP contribution in [0.2, 0.25) is 0 Å². The van der Waals surface area contributed by atoms with Gasteiger partial charge in [0, 0.05) is 10.9 Å². The molecule has 0 atom stereocenters. The van der Waals surface area contributed by atoms with Crippen LogP contribution in [-0.2, 0) is 0 Å². The molecule has 98 valence electrons. The Balaban J connectivity index is 4.94. The van der Waals surface area contributed by atoms with Gasteiger partial charge in [-0.2, -0.15) is 0 Å². The van der Waals surface area contributed by atoms with E-state index in [1.807, 2.05) is 6.92 Å². The number of halogens is 1. The lowest BCUT2D eigenvalue weighted by Gasteiger charge is -2.12. The number of hydrogen-bond donors (Lipinski definition) is 1. The minimum absolute atomic E-state index is 0.394. The highest BCUT2D eigenvalue weighted by molar-refractivity contribution is 9.09. The van der Waals surface area contributed by atoms with Crippen LogP contribution >= 0.6 is 15.9 Å². The summed E-state index contributed by atoms with van der Waals surface area (Å²) < 4.78 is 0. The van der Waals surface area contributed by atoms with Crippen molar-refractivity contribution in [2.24, 2.45) is 0 Å². The molecule has 1 nitrogen and oxygen atoms in total. The van der Waals surface area contributed by atoms with Crippen LogP contribution in [0.5, 0.6) is 0 Å². The van der Waals surface area contributed by atoms with E-state index in [1.54, 1.807) is 6.08 Å². The lowest BCUT2D eigenvalue weighted by molar-refractivity contribution is 0.416. The molecule has 0 aliphatic carbocycles. The zero-order valence-electron chi connectivity index (χ0n) is 11.4. The second kappa shape index (κ2) is 9.52. The topological polar surface area (TPSA) is 20.2 Å². The summed E-state index contributed by atoms with van der Waals surface area (Å²) >= 11 is 3.37. The summed E-state index contributed by atoms with van der Waals surface area (Å²) in [5.41, 5.74) is 3.25. The van der Waals surface area contributed by atoms with E-state index in [1.165, 1.54) is 24.8 Å². The molecule has 0 aliphatic heterocycles. The van der Waals surface area contributed by atoms with Crippen molar-refractivity contribution in [1.82, 2.24) is 0 Å². The molecule has 0 saturated carbocycles. The van der Waals surface area contributed by atoms with Crippen LogP contribution in [0.1, 0.15) is 52.9 Å². The van der Waals surface area contributed by atoms with Crippen LogP contribution in [0.3, 0.4) is 0 Å². The van der Waals surface area contributed by atoms with Gasteiger partial charge in [0.15, 0.2) is 0 Å². The van der Waals surface area contributed by atoms with Crippen LogP contribution in [0, 0.1) is 0 Å². The van der Waals surface area contributed by atoms with Gasteiger partial charge >= 0.3 is 0 Å². The Morgan fingerprint density at radius 1 is 1.29 bits per heavy atom. The fourth-order valence-electron chi connectivity index (χ4n) is 1.84. The first-order chi connectivity index (χ1) is 8.12. The standard InChI is InChI=1S/C15H25BrO/c1-5-8-9-10-13(6-2)12(4)15(17)14(7-3)11-16/h7,17H,3,5-6,8-11H2,1-2,4H3/b13-12-,15-14-. The largest absolute Gasteiger partial charge is 0.507 e. The van der Waals surface area contributed by atoms with Gasteiger partial charge < -0.3 is 5.11 Å². The van der Waals surface area contributed by atoms with E-state index in [9.17, 15) is 5.11 Å². The van der Waals surface area contributed by atoms with Gasteiger partial charge in [-0.3, -0.25) is 0 Å². The SMILES string of the molecule is C=C/C(CBr)=C(O)\C(C)=C(\CC)CCCCC. The molecule has 0 bridgehead atoms. The van der Waals surface area contributed by atoms with Gasteiger partial charge in [0.1, 0.15) is 5.76 Å². The third-order valence-electron chi connectivity index (χ3n) is 3.09. The molecule has 0 aromatic rings. The van der Waals surface area contributed by atoms with Gasteiger partial charge in [0.2, 0.25) is 0 Å². The first-order valence-corrected chi connectivity index (χ1v) is 7.53. The second-order valence-corrected chi connectivity index (χ2v) is 4.81. The Bertz CT molecular complexity index is 300. The summed E-state index contributed by atoms with van der Waals surface area (Å²) in [6.07, 6.45) is 7.51. The van der Waals surface area contributed by atoms with Crippen molar-refractivity contribution in [3.63, 3.8) is 0 Å². The molecule has 0 aromatic carbocycles. The molecule has 0 unspecified atom stereocenters. The Labute approximate surface area is 114 Å². The van der Waals surface area contributed by atoms with Crippen molar-refractivity contribution >= 4 is 15.9 Å². The fourth-order valence-corrected chi connectivity index (χ4v) is 2.34. The van der Waals surface area contributed by atoms with Gasteiger partial charge in [-0.05, 0) is 31.8 Å². The Kier molecular flexibility index (Phi) is 9.24. The number of rotatable bonds is 8. The van der Waals surface area contributed by atoms with Crippen molar-refractivity contribution in [2.45, 2.75) is 52.9 Å². The Morgan fingerprint density at radius 3 is 2.35 bits per heavy atom. The first kappa shape index (κ1) is 16.5. The lowest BCUT2D eigenvalue weighted by Crippen LogP contribution is -1.97. The summed E-state index contributed by atoms with van der Waals surface area (Å²) in [6, 6.07) is 0. The van der Waals surface area contributed by atoms with E-state index in [4.69, 9.17) is 0 Å². The van der Waals surface area contributed by atoms with E-state index in [-0.39, 0.29) is 0 Å². The summed E-state index contributed by atoms with van der Waals surface area (Å²) in [7, 11) is 0. The summed E-state index contributed by atoms with van der Waals surface area (Å²) in [5.74, 6) is 0.394. The molecule has 2 heteroatoms. The highest BCUT2D eigenvalue weighted by Crippen LogP contribution is 2.23. The van der Waals surface area contributed by atoms with Crippen LogP contribution in [0.15, 0.2) is 35.1 Å². The van der Waals surface area contributed by atoms with Gasteiger partial charge in [0.05, 0.1) is 0 Å². The highest BCUT2D eigenvalue weighted by atomic mass is 79.9. The average Bonchev–Trinajstić information content (AvgIpc) is 2.35. The summed E-state index contributed by atoms with van der Waals surface area (Å²) in [6.45, 7) is 10.1. The third-order valence-corrected chi connectivity index (χ3v) is 3.69. The molecule has 1 N–H and O–H groups in total. The van der Waals surface area contributed by atoms with Crippen LogP contribution in [0.25, 0.3) is 0 Å². The van der Waals surface area contributed by atoms with Gasteiger partial charge in [-0.1, -0.05) is 60.8 Å². The molecule has 0 saturated heterocycles. The molecule has 0 aromatic heterocycles. The molecule has 0 radical (unpaired) electrons. The minimum Gasteiger partial charge on any atom is -0.507 e. The average molecular weight is 301 g/mol. The number of allylic oxidation sites excluding steroid dienone is 4. The Morgan fingerprint density at radius 2 is 1.94 bits per heavy atom. The molecular formula is C15H25BrO. The number of hydrogen-bond acceptors (Lipinski definition) is 1. The predicted molar refractivity (Wildman–Crippen MR) is 80.8 cm³/mol.